The van der Waals surface area contributed by atoms with E-state index < -0.39 is 5.63 Å². The van der Waals surface area contributed by atoms with Gasteiger partial charge in [0.05, 0.1) is 0 Å². The van der Waals surface area contributed by atoms with Crippen LogP contribution in [0.3, 0.4) is 0 Å². The third-order valence-corrected chi connectivity index (χ3v) is 3.69. The van der Waals surface area contributed by atoms with Crippen molar-refractivity contribution >= 4 is 34.2 Å². The van der Waals surface area contributed by atoms with Crippen molar-refractivity contribution in [1.29, 1.82) is 0 Å². The molecular weight excluding hydrogens is 282 g/mol. The van der Waals surface area contributed by atoms with E-state index in [4.69, 9.17) is 16.0 Å². The van der Waals surface area contributed by atoms with Gasteiger partial charge in [-0.05, 0) is 36.6 Å². The Morgan fingerprint density at radius 2 is 2.25 bits per heavy atom. The summed E-state index contributed by atoms with van der Waals surface area (Å²) in [4.78, 5) is 25.4. The highest BCUT2D eigenvalue weighted by Gasteiger charge is 2.27. The van der Waals surface area contributed by atoms with Crippen molar-refractivity contribution in [2.75, 3.05) is 17.3 Å². The number of alkyl halides is 1. The number of fused-ring (bicyclic) bond motifs is 3. The van der Waals surface area contributed by atoms with Crippen LogP contribution in [0.1, 0.15) is 12.0 Å². The van der Waals surface area contributed by atoms with E-state index in [2.05, 4.69) is 0 Å². The molecule has 2 heterocycles. The number of hydrogen-bond donors (Lipinski definition) is 1. The first-order chi connectivity index (χ1) is 9.61. The molecule has 0 fully saturated rings. The van der Waals surface area contributed by atoms with E-state index in [0.29, 0.717) is 23.9 Å². The zero-order valence-corrected chi connectivity index (χ0v) is 11.3. The van der Waals surface area contributed by atoms with Gasteiger partial charge in [0.25, 0.3) is 0 Å². The molecule has 1 aliphatic rings. The van der Waals surface area contributed by atoms with Crippen LogP contribution in [0.4, 0.5) is 5.69 Å². The predicted molar refractivity (Wildman–Crippen MR) is 75.5 cm³/mol. The maximum atomic E-state index is 12.1. The van der Waals surface area contributed by atoms with E-state index in [-0.39, 0.29) is 23.2 Å². The number of hydrogen-bond acceptors (Lipinski definition) is 4. The second kappa shape index (κ2) is 4.83. The Kier molecular flexibility index (Phi) is 3.14. The fraction of sp³-hybridized carbons (Fsp3) is 0.286. The standard InChI is InChI=1S/C14H12ClNO4/c15-7-12(18)16-5-1-2-9-10-6-8(17)3-4-11(10)20-14(19)13(9)16/h3-4,6,17H,1-2,5,7H2. The summed E-state index contributed by atoms with van der Waals surface area (Å²) >= 11 is 5.58. The summed E-state index contributed by atoms with van der Waals surface area (Å²) in [7, 11) is 0. The van der Waals surface area contributed by atoms with E-state index in [1.165, 1.54) is 11.0 Å². The fourth-order valence-electron chi connectivity index (χ4n) is 2.62. The van der Waals surface area contributed by atoms with Gasteiger partial charge in [-0.2, -0.15) is 0 Å². The van der Waals surface area contributed by atoms with Gasteiger partial charge in [0, 0.05) is 11.9 Å². The van der Waals surface area contributed by atoms with E-state index >= 15 is 0 Å². The Morgan fingerprint density at radius 1 is 1.45 bits per heavy atom. The topological polar surface area (TPSA) is 70.8 Å². The van der Waals surface area contributed by atoms with Crippen LogP contribution < -0.4 is 10.5 Å². The van der Waals surface area contributed by atoms with Crippen molar-refractivity contribution in [3.05, 3.63) is 34.2 Å². The van der Waals surface area contributed by atoms with Gasteiger partial charge in [-0.1, -0.05) is 0 Å². The first-order valence-electron chi connectivity index (χ1n) is 6.27. The first-order valence-corrected chi connectivity index (χ1v) is 6.80. The van der Waals surface area contributed by atoms with Gasteiger partial charge in [-0.25, -0.2) is 4.79 Å². The van der Waals surface area contributed by atoms with Crippen LogP contribution >= 0.6 is 11.6 Å². The minimum absolute atomic E-state index is 0.0920. The number of nitrogens with zero attached hydrogens (tertiary/aromatic N) is 1. The molecule has 6 heteroatoms. The smallest absolute Gasteiger partial charge is 0.360 e. The lowest BCUT2D eigenvalue weighted by Gasteiger charge is -2.28. The van der Waals surface area contributed by atoms with E-state index in [1.54, 1.807) is 12.1 Å². The number of phenolic OH excluding ortho intramolecular Hbond substituents is 1. The number of halogens is 1. The molecule has 1 N–H and O–H groups in total. The minimum atomic E-state index is -0.545. The lowest BCUT2D eigenvalue weighted by atomic mass is 9.99. The lowest BCUT2D eigenvalue weighted by molar-refractivity contribution is -0.116. The highest BCUT2D eigenvalue weighted by molar-refractivity contribution is 6.29. The summed E-state index contributed by atoms with van der Waals surface area (Å²) in [6.07, 6.45) is 1.40. The average molecular weight is 294 g/mol. The quantitative estimate of drug-likeness (QED) is 0.645. The van der Waals surface area contributed by atoms with E-state index in [1.807, 2.05) is 0 Å². The normalized spacial score (nSPS) is 14.3. The molecule has 0 spiro atoms. The molecule has 1 amide bonds. The molecule has 5 nitrogen and oxygen atoms in total. The molecule has 1 aromatic carbocycles. The number of benzene rings is 1. The van der Waals surface area contributed by atoms with Crippen LogP contribution in [0.25, 0.3) is 11.0 Å². The van der Waals surface area contributed by atoms with Gasteiger partial charge in [-0.3, -0.25) is 4.79 Å². The summed E-state index contributed by atoms with van der Waals surface area (Å²) < 4.78 is 5.24. The van der Waals surface area contributed by atoms with Crippen molar-refractivity contribution < 1.29 is 14.3 Å². The number of phenols is 1. The summed E-state index contributed by atoms with van der Waals surface area (Å²) in [6.45, 7) is 0.452. The molecule has 104 valence electrons. The van der Waals surface area contributed by atoms with Crippen molar-refractivity contribution in [3.63, 3.8) is 0 Å². The Morgan fingerprint density at radius 3 is 3.00 bits per heavy atom. The van der Waals surface area contributed by atoms with Crippen LogP contribution in [-0.4, -0.2) is 23.4 Å². The zero-order chi connectivity index (χ0) is 14.3. The molecular formula is C14H12ClNO4. The Labute approximate surface area is 119 Å². The maximum absolute atomic E-state index is 12.1. The SMILES string of the molecule is O=C(CCl)N1CCCc2c1c(=O)oc1ccc(O)cc21. The molecule has 0 saturated heterocycles. The van der Waals surface area contributed by atoms with Gasteiger partial charge in [-0.15, -0.1) is 11.6 Å². The van der Waals surface area contributed by atoms with Crippen LogP contribution in [0.15, 0.2) is 27.4 Å². The molecule has 0 unspecified atom stereocenters. The van der Waals surface area contributed by atoms with E-state index in [0.717, 1.165) is 12.0 Å². The maximum Gasteiger partial charge on any atom is 0.360 e. The molecule has 0 radical (unpaired) electrons. The molecule has 0 saturated carbocycles. The largest absolute Gasteiger partial charge is 0.508 e. The van der Waals surface area contributed by atoms with Gasteiger partial charge < -0.3 is 14.4 Å². The Balaban J connectivity index is 2.32. The first kappa shape index (κ1) is 13.0. The van der Waals surface area contributed by atoms with Gasteiger partial charge in [0.15, 0.2) is 0 Å². The van der Waals surface area contributed by atoms with E-state index in [9.17, 15) is 14.7 Å². The number of rotatable bonds is 1. The van der Waals surface area contributed by atoms with Crippen LogP contribution in [0, 0.1) is 0 Å². The fourth-order valence-corrected chi connectivity index (χ4v) is 2.76. The van der Waals surface area contributed by atoms with Gasteiger partial charge in [0.2, 0.25) is 5.91 Å². The zero-order valence-electron chi connectivity index (χ0n) is 10.6. The van der Waals surface area contributed by atoms with Crippen molar-refractivity contribution in [1.82, 2.24) is 0 Å². The lowest BCUT2D eigenvalue weighted by Crippen LogP contribution is -2.39. The van der Waals surface area contributed by atoms with Crippen LogP contribution in [0.5, 0.6) is 5.75 Å². The number of aryl methyl sites for hydroxylation is 1. The highest BCUT2D eigenvalue weighted by Crippen LogP contribution is 2.32. The van der Waals surface area contributed by atoms with Crippen LogP contribution in [0.2, 0.25) is 0 Å². The van der Waals surface area contributed by atoms with Crippen molar-refractivity contribution in [3.8, 4) is 5.75 Å². The number of amides is 1. The average Bonchev–Trinajstić information content (AvgIpc) is 2.47. The second-order valence-corrected chi connectivity index (χ2v) is 4.95. The third kappa shape index (κ3) is 1.94. The summed E-state index contributed by atoms with van der Waals surface area (Å²) in [6, 6.07) is 4.56. The number of carbonyl (C=O) groups excluding carboxylic acids is 1. The van der Waals surface area contributed by atoms with Crippen molar-refractivity contribution in [2.24, 2.45) is 0 Å². The number of aromatic hydroxyl groups is 1. The van der Waals surface area contributed by atoms with Crippen LogP contribution in [-0.2, 0) is 11.2 Å². The molecule has 0 bridgehead atoms. The van der Waals surface area contributed by atoms with Gasteiger partial charge in [0.1, 0.15) is 22.9 Å². The van der Waals surface area contributed by atoms with Gasteiger partial charge >= 0.3 is 5.63 Å². The number of carbonyl (C=O) groups is 1. The van der Waals surface area contributed by atoms with Crippen molar-refractivity contribution in [2.45, 2.75) is 12.8 Å². The highest BCUT2D eigenvalue weighted by atomic mass is 35.5. The molecule has 3 rings (SSSR count). The summed E-state index contributed by atoms with van der Waals surface area (Å²) in [5.41, 5.74) is 0.847. The molecule has 0 atom stereocenters. The minimum Gasteiger partial charge on any atom is -0.508 e. The third-order valence-electron chi connectivity index (χ3n) is 3.46. The molecule has 0 aliphatic carbocycles. The molecule has 1 aliphatic heterocycles. The molecule has 1 aromatic heterocycles. The summed E-state index contributed by atoms with van der Waals surface area (Å²) in [5.74, 6) is -0.412. The molecule has 20 heavy (non-hydrogen) atoms. The Bertz CT molecular complexity index is 753. The summed E-state index contributed by atoms with van der Waals surface area (Å²) in [5, 5.41) is 10.3. The Hall–Kier alpha value is -2.01. The second-order valence-electron chi connectivity index (χ2n) is 4.68. The number of anilines is 1. The molecule has 2 aromatic rings. The monoisotopic (exact) mass is 293 g/mol. The predicted octanol–water partition coefficient (Wildman–Crippen LogP) is 2.02.